The maximum absolute atomic E-state index is 10.8. The van der Waals surface area contributed by atoms with E-state index < -0.39 is 0 Å². The lowest BCUT2D eigenvalue weighted by atomic mass is 10.2. The smallest absolute Gasteiger partial charge is 0.182 e. The molecule has 2 saturated heterocycles. The Morgan fingerprint density at radius 1 is 1.11 bits per heavy atom. The molecule has 0 bridgehead atoms. The summed E-state index contributed by atoms with van der Waals surface area (Å²) in [6, 6.07) is 5.89. The van der Waals surface area contributed by atoms with Gasteiger partial charge in [0.05, 0.1) is 23.2 Å². The first kappa shape index (κ1) is 17.5. The van der Waals surface area contributed by atoms with Crippen LogP contribution in [0.1, 0.15) is 18.5 Å². The molecule has 0 aliphatic carbocycles. The number of fused-ring (bicyclic) bond motifs is 1. The SMILES string of the molecule is Cc1nn(C)c2nc(-c3ccccn3)nc(N3C[C@H](O)[C@@H](N4CCCC4)C3)c12. The second kappa shape index (κ2) is 6.79. The standard InChI is InChI=1S/C20H25N7O/c1-13-17-19(25(2)24-13)22-18(14-7-3-4-8-21-14)23-20(17)27-11-15(16(28)12-27)26-9-5-6-10-26/h3-4,7-8,15-16,28H,5-6,9-12H2,1-2H3/t15-,16-/m0/s1. The first-order chi connectivity index (χ1) is 13.6. The van der Waals surface area contributed by atoms with Crippen molar-refractivity contribution < 1.29 is 5.11 Å². The van der Waals surface area contributed by atoms with Crippen molar-refractivity contribution in [3.05, 3.63) is 30.1 Å². The summed E-state index contributed by atoms with van der Waals surface area (Å²) >= 11 is 0. The monoisotopic (exact) mass is 379 g/mol. The molecule has 5 heterocycles. The van der Waals surface area contributed by atoms with Crippen molar-refractivity contribution >= 4 is 16.9 Å². The Labute approximate surface area is 163 Å². The van der Waals surface area contributed by atoms with Gasteiger partial charge in [0.15, 0.2) is 11.5 Å². The molecule has 0 unspecified atom stereocenters. The first-order valence-electron chi connectivity index (χ1n) is 9.91. The minimum atomic E-state index is -0.376. The van der Waals surface area contributed by atoms with Crippen molar-refractivity contribution in [2.45, 2.75) is 31.9 Å². The Balaban J connectivity index is 1.60. The van der Waals surface area contributed by atoms with Gasteiger partial charge in [0, 0.05) is 26.3 Å². The van der Waals surface area contributed by atoms with Gasteiger partial charge >= 0.3 is 0 Å². The molecule has 8 heteroatoms. The normalized spacial score (nSPS) is 23.2. The van der Waals surface area contributed by atoms with E-state index >= 15 is 0 Å². The molecule has 146 valence electrons. The van der Waals surface area contributed by atoms with E-state index in [9.17, 15) is 5.11 Å². The van der Waals surface area contributed by atoms with E-state index in [2.05, 4.69) is 19.9 Å². The Hall–Kier alpha value is -2.58. The number of pyridine rings is 1. The van der Waals surface area contributed by atoms with Crippen molar-refractivity contribution in [3.63, 3.8) is 0 Å². The summed E-state index contributed by atoms with van der Waals surface area (Å²) in [5.74, 6) is 1.43. The fourth-order valence-corrected chi connectivity index (χ4v) is 4.53. The van der Waals surface area contributed by atoms with Crippen molar-refractivity contribution in [3.8, 4) is 11.5 Å². The fourth-order valence-electron chi connectivity index (χ4n) is 4.53. The van der Waals surface area contributed by atoms with E-state index in [-0.39, 0.29) is 12.1 Å². The van der Waals surface area contributed by atoms with Crippen molar-refractivity contribution in [2.75, 3.05) is 31.1 Å². The van der Waals surface area contributed by atoms with Gasteiger partial charge in [-0.2, -0.15) is 5.10 Å². The zero-order chi connectivity index (χ0) is 19.3. The zero-order valence-electron chi connectivity index (χ0n) is 16.3. The van der Waals surface area contributed by atoms with Crippen LogP contribution in [0.15, 0.2) is 24.4 Å². The van der Waals surface area contributed by atoms with Crippen LogP contribution < -0.4 is 4.90 Å². The molecule has 28 heavy (non-hydrogen) atoms. The number of aryl methyl sites for hydroxylation is 2. The van der Waals surface area contributed by atoms with Crippen molar-refractivity contribution in [1.29, 1.82) is 0 Å². The molecule has 2 atom stereocenters. The largest absolute Gasteiger partial charge is 0.390 e. The molecule has 0 amide bonds. The van der Waals surface area contributed by atoms with Gasteiger partial charge in [-0.3, -0.25) is 14.6 Å². The number of aliphatic hydroxyl groups excluding tert-OH is 1. The van der Waals surface area contributed by atoms with Gasteiger partial charge in [0.1, 0.15) is 11.5 Å². The summed E-state index contributed by atoms with van der Waals surface area (Å²) in [6.07, 6.45) is 3.80. The quantitative estimate of drug-likeness (QED) is 0.736. The molecule has 8 nitrogen and oxygen atoms in total. The molecule has 2 aliphatic rings. The number of nitrogens with zero attached hydrogens (tertiary/aromatic N) is 7. The fraction of sp³-hybridized carbons (Fsp3) is 0.500. The second-order valence-electron chi connectivity index (χ2n) is 7.78. The topological polar surface area (TPSA) is 83.2 Å². The number of rotatable bonds is 3. The highest BCUT2D eigenvalue weighted by Crippen LogP contribution is 2.32. The summed E-state index contributed by atoms with van der Waals surface area (Å²) in [7, 11) is 1.90. The number of hydrogen-bond donors (Lipinski definition) is 1. The molecule has 3 aromatic rings. The summed E-state index contributed by atoms with van der Waals surface area (Å²) in [5, 5.41) is 16.3. The molecule has 1 N–H and O–H groups in total. The minimum absolute atomic E-state index is 0.155. The van der Waals surface area contributed by atoms with E-state index in [4.69, 9.17) is 9.97 Å². The van der Waals surface area contributed by atoms with E-state index in [0.717, 1.165) is 47.9 Å². The molecule has 0 radical (unpaired) electrons. The van der Waals surface area contributed by atoms with Gasteiger partial charge in [0.25, 0.3) is 0 Å². The molecule has 0 spiro atoms. The molecule has 2 aliphatic heterocycles. The van der Waals surface area contributed by atoms with E-state index in [1.165, 1.54) is 12.8 Å². The summed E-state index contributed by atoms with van der Waals surface area (Å²) in [6.45, 7) is 5.46. The molecular formula is C20H25N7O. The Bertz CT molecular complexity index is 997. The van der Waals surface area contributed by atoms with Gasteiger partial charge < -0.3 is 10.0 Å². The lowest BCUT2D eigenvalue weighted by molar-refractivity contribution is 0.0986. The maximum Gasteiger partial charge on any atom is 0.182 e. The number of β-amino-alcohol motifs (C(OH)–C–C–N with tert-alkyl or cyclic N) is 1. The third kappa shape index (κ3) is 2.84. The van der Waals surface area contributed by atoms with Crippen LogP contribution >= 0.6 is 0 Å². The predicted octanol–water partition coefficient (Wildman–Crippen LogP) is 1.38. The first-order valence-corrected chi connectivity index (χ1v) is 9.91. The van der Waals surface area contributed by atoms with Gasteiger partial charge in [0.2, 0.25) is 0 Å². The number of likely N-dealkylation sites (tertiary alicyclic amines) is 1. The van der Waals surface area contributed by atoms with Crippen LogP contribution in [0.25, 0.3) is 22.6 Å². The number of aromatic nitrogens is 5. The Morgan fingerprint density at radius 2 is 1.93 bits per heavy atom. The average molecular weight is 379 g/mol. The van der Waals surface area contributed by atoms with Crippen LogP contribution in [0, 0.1) is 6.92 Å². The van der Waals surface area contributed by atoms with Crippen LogP contribution in [0.4, 0.5) is 5.82 Å². The lowest BCUT2D eigenvalue weighted by Gasteiger charge is -2.25. The van der Waals surface area contributed by atoms with Crippen LogP contribution in [0.2, 0.25) is 0 Å². The van der Waals surface area contributed by atoms with Crippen LogP contribution in [-0.2, 0) is 7.05 Å². The number of anilines is 1. The highest BCUT2D eigenvalue weighted by Gasteiger charge is 2.38. The summed E-state index contributed by atoms with van der Waals surface area (Å²) < 4.78 is 1.80. The number of aliphatic hydroxyl groups is 1. The van der Waals surface area contributed by atoms with Crippen molar-refractivity contribution in [1.82, 2.24) is 29.6 Å². The van der Waals surface area contributed by atoms with E-state index in [0.29, 0.717) is 12.4 Å². The van der Waals surface area contributed by atoms with Crippen LogP contribution in [0.3, 0.4) is 0 Å². The minimum Gasteiger partial charge on any atom is -0.390 e. The predicted molar refractivity (Wildman–Crippen MR) is 107 cm³/mol. The lowest BCUT2D eigenvalue weighted by Crippen LogP contribution is -2.41. The van der Waals surface area contributed by atoms with Crippen LogP contribution in [0.5, 0.6) is 0 Å². The zero-order valence-corrected chi connectivity index (χ0v) is 16.3. The second-order valence-corrected chi connectivity index (χ2v) is 7.78. The highest BCUT2D eigenvalue weighted by atomic mass is 16.3. The highest BCUT2D eigenvalue weighted by molar-refractivity contribution is 5.91. The van der Waals surface area contributed by atoms with Gasteiger partial charge in [-0.25, -0.2) is 9.97 Å². The van der Waals surface area contributed by atoms with Gasteiger partial charge in [-0.05, 0) is 45.0 Å². The Morgan fingerprint density at radius 3 is 2.68 bits per heavy atom. The molecule has 0 aromatic carbocycles. The van der Waals surface area contributed by atoms with Crippen LogP contribution in [-0.4, -0.2) is 73.1 Å². The molecule has 3 aromatic heterocycles. The van der Waals surface area contributed by atoms with E-state index in [1.807, 2.05) is 32.2 Å². The third-order valence-corrected chi connectivity index (χ3v) is 5.90. The Kier molecular flexibility index (Phi) is 4.25. The third-order valence-electron chi connectivity index (χ3n) is 5.90. The van der Waals surface area contributed by atoms with E-state index in [1.54, 1.807) is 10.9 Å². The molecule has 5 rings (SSSR count). The van der Waals surface area contributed by atoms with Gasteiger partial charge in [-0.15, -0.1) is 0 Å². The molecule has 2 fully saturated rings. The average Bonchev–Trinajstić information content (AvgIpc) is 3.42. The van der Waals surface area contributed by atoms with Gasteiger partial charge in [-0.1, -0.05) is 6.07 Å². The van der Waals surface area contributed by atoms with Crippen molar-refractivity contribution in [2.24, 2.45) is 7.05 Å². The molecular weight excluding hydrogens is 354 g/mol. The summed E-state index contributed by atoms with van der Waals surface area (Å²) in [4.78, 5) is 18.7. The number of hydrogen-bond acceptors (Lipinski definition) is 7. The maximum atomic E-state index is 10.8. The summed E-state index contributed by atoms with van der Waals surface area (Å²) in [5.41, 5.74) is 2.43. The molecule has 0 saturated carbocycles.